The molecule has 0 saturated carbocycles. The summed E-state index contributed by atoms with van der Waals surface area (Å²) >= 11 is 0. The molecule has 0 aliphatic heterocycles. The van der Waals surface area contributed by atoms with Crippen molar-refractivity contribution in [2.45, 2.75) is 26.3 Å². The SMILES string of the molecule is Cc1ccc(F)cc1NCC(C)(C)NC(=O)O. The second kappa shape index (κ2) is 5.03. The molecule has 1 aromatic carbocycles. The molecule has 0 aliphatic carbocycles. The minimum atomic E-state index is -1.08. The maximum Gasteiger partial charge on any atom is 0.405 e. The summed E-state index contributed by atoms with van der Waals surface area (Å²) in [5.74, 6) is -0.318. The Balaban J connectivity index is 2.66. The van der Waals surface area contributed by atoms with E-state index in [-0.39, 0.29) is 5.82 Å². The van der Waals surface area contributed by atoms with E-state index in [2.05, 4.69) is 10.6 Å². The number of halogens is 1. The van der Waals surface area contributed by atoms with Crippen LogP contribution >= 0.6 is 0 Å². The van der Waals surface area contributed by atoms with E-state index in [9.17, 15) is 9.18 Å². The minimum absolute atomic E-state index is 0.318. The number of aryl methyl sites for hydroxylation is 1. The molecule has 4 nitrogen and oxygen atoms in total. The highest BCUT2D eigenvalue weighted by Crippen LogP contribution is 2.17. The zero-order valence-corrected chi connectivity index (χ0v) is 10.2. The van der Waals surface area contributed by atoms with Crippen molar-refractivity contribution >= 4 is 11.8 Å². The van der Waals surface area contributed by atoms with Gasteiger partial charge in [0.15, 0.2) is 0 Å². The molecule has 5 heteroatoms. The zero-order valence-electron chi connectivity index (χ0n) is 10.2. The van der Waals surface area contributed by atoms with Gasteiger partial charge in [0.2, 0.25) is 0 Å². The highest BCUT2D eigenvalue weighted by molar-refractivity contribution is 5.65. The van der Waals surface area contributed by atoms with E-state index in [1.54, 1.807) is 19.9 Å². The largest absolute Gasteiger partial charge is 0.465 e. The van der Waals surface area contributed by atoms with E-state index in [0.717, 1.165) is 5.56 Å². The fourth-order valence-electron chi connectivity index (χ4n) is 1.43. The molecule has 0 spiro atoms. The standard InChI is InChI=1S/C12H17FN2O2/c1-8-4-5-9(13)6-10(8)14-7-12(2,3)15-11(16)17/h4-6,14-15H,7H2,1-3H3,(H,16,17). The van der Waals surface area contributed by atoms with Crippen LogP contribution in [-0.2, 0) is 0 Å². The summed E-state index contributed by atoms with van der Waals surface area (Å²) in [7, 11) is 0. The Labute approximate surface area is 99.8 Å². The van der Waals surface area contributed by atoms with Crippen LogP contribution in [-0.4, -0.2) is 23.3 Å². The lowest BCUT2D eigenvalue weighted by Gasteiger charge is -2.25. The van der Waals surface area contributed by atoms with Crippen LogP contribution < -0.4 is 10.6 Å². The van der Waals surface area contributed by atoms with Gasteiger partial charge in [-0.3, -0.25) is 0 Å². The summed E-state index contributed by atoms with van der Waals surface area (Å²) in [5, 5.41) is 14.1. The van der Waals surface area contributed by atoms with Crippen LogP contribution in [0.1, 0.15) is 19.4 Å². The third-order valence-electron chi connectivity index (χ3n) is 2.37. The van der Waals surface area contributed by atoms with Crippen molar-refractivity contribution in [3.8, 4) is 0 Å². The Morgan fingerprint density at radius 2 is 2.12 bits per heavy atom. The van der Waals surface area contributed by atoms with Crippen LogP contribution in [0.2, 0.25) is 0 Å². The predicted molar refractivity (Wildman–Crippen MR) is 64.9 cm³/mol. The maximum absolute atomic E-state index is 13.0. The second-order valence-electron chi connectivity index (χ2n) is 4.63. The average molecular weight is 240 g/mol. The third-order valence-corrected chi connectivity index (χ3v) is 2.37. The predicted octanol–water partition coefficient (Wildman–Crippen LogP) is 2.59. The molecule has 0 aromatic heterocycles. The van der Waals surface area contributed by atoms with Crippen LogP contribution in [0.25, 0.3) is 0 Å². The van der Waals surface area contributed by atoms with E-state index in [4.69, 9.17) is 5.11 Å². The summed E-state index contributed by atoms with van der Waals surface area (Å²) in [6, 6.07) is 4.46. The first kappa shape index (κ1) is 13.3. The highest BCUT2D eigenvalue weighted by Gasteiger charge is 2.19. The van der Waals surface area contributed by atoms with Gasteiger partial charge < -0.3 is 15.7 Å². The smallest absolute Gasteiger partial charge is 0.405 e. The Hall–Kier alpha value is -1.78. The summed E-state index contributed by atoms with van der Waals surface area (Å²) in [6.07, 6.45) is -1.08. The number of carboxylic acid groups (broad SMARTS) is 1. The molecular weight excluding hydrogens is 223 g/mol. The van der Waals surface area contributed by atoms with Gasteiger partial charge in [-0.1, -0.05) is 6.07 Å². The van der Waals surface area contributed by atoms with Gasteiger partial charge in [-0.05, 0) is 38.5 Å². The Morgan fingerprint density at radius 1 is 1.47 bits per heavy atom. The number of amides is 1. The van der Waals surface area contributed by atoms with Crippen molar-refractivity contribution < 1.29 is 14.3 Å². The molecule has 1 rings (SSSR count). The topological polar surface area (TPSA) is 61.4 Å². The molecule has 1 amide bonds. The van der Waals surface area contributed by atoms with E-state index in [1.165, 1.54) is 12.1 Å². The average Bonchev–Trinajstić information content (AvgIpc) is 2.17. The molecule has 1 aromatic rings. The first-order valence-corrected chi connectivity index (χ1v) is 5.31. The van der Waals surface area contributed by atoms with Crippen LogP contribution in [0.15, 0.2) is 18.2 Å². The van der Waals surface area contributed by atoms with E-state index >= 15 is 0 Å². The van der Waals surface area contributed by atoms with Crippen LogP contribution in [0.5, 0.6) is 0 Å². The van der Waals surface area contributed by atoms with Gasteiger partial charge >= 0.3 is 6.09 Å². The van der Waals surface area contributed by atoms with Crippen LogP contribution in [0.4, 0.5) is 14.9 Å². The summed E-state index contributed by atoms with van der Waals surface area (Å²) in [5.41, 5.74) is 0.965. The first-order valence-electron chi connectivity index (χ1n) is 5.31. The number of hydrogen-bond acceptors (Lipinski definition) is 2. The number of anilines is 1. The van der Waals surface area contributed by atoms with Crippen molar-refractivity contribution in [2.75, 3.05) is 11.9 Å². The monoisotopic (exact) mass is 240 g/mol. The first-order chi connectivity index (χ1) is 7.80. The molecule has 0 saturated heterocycles. The fourth-order valence-corrected chi connectivity index (χ4v) is 1.43. The third kappa shape index (κ3) is 4.30. The zero-order chi connectivity index (χ0) is 13.1. The minimum Gasteiger partial charge on any atom is -0.465 e. The number of benzene rings is 1. The van der Waals surface area contributed by atoms with Gasteiger partial charge in [0.1, 0.15) is 5.82 Å². The van der Waals surface area contributed by atoms with Crippen molar-refractivity contribution in [3.05, 3.63) is 29.6 Å². The molecule has 3 N–H and O–H groups in total. The Kier molecular flexibility index (Phi) is 3.93. The van der Waals surface area contributed by atoms with Crippen molar-refractivity contribution in [2.24, 2.45) is 0 Å². The Bertz CT molecular complexity index is 419. The molecule has 94 valence electrons. The van der Waals surface area contributed by atoms with Gasteiger partial charge in [-0.2, -0.15) is 0 Å². The van der Waals surface area contributed by atoms with Crippen LogP contribution in [0, 0.1) is 12.7 Å². The van der Waals surface area contributed by atoms with Crippen molar-refractivity contribution in [1.29, 1.82) is 0 Å². The van der Waals surface area contributed by atoms with E-state index < -0.39 is 11.6 Å². The molecule has 0 aliphatic rings. The molecule has 0 unspecified atom stereocenters. The molecule has 0 radical (unpaired) electrons. The van der Waals surface area contributed by atoms with Gasteiger partial charge in [-0.15, -0.1) is 0 Å². The molecule has 0 heterocycles. The van der Waals surface area contributed by atoms with Gasteiger partial charge in [0.05, 0.1) is 5.54 Å². The van der Waals surface area contributed by atoms with Crippen molar-refractivity contribution in [3.63, 3.8) is 0 Å². The highest BCUT2D eigenvalue weighted by atomic mass is 19.1. The summed E-state index contributed by atoms with van der Waals surface area (Å²) in [6.45, 7) is 5.74. The summed E-state index contributed by atoms with van der Waals surface area (Å²) < 4.78 is 13.0. The molecule has 0 fully saturated rings. The Morgan fingerprint density at radius 3 is 2.71 bits per heavy atom. The van der Waals surface area contributed by atoms with E-state index in [1.807, 2.05) is 6.92 Å². The lowest BCUT2D eigenvalue weighted by Crippen LogP contribution is -2.47. The fraction of sp³-hybridized carbons (Fsp3) is 0.417. The summed E-state index contributed by atoms with van der Waals surface area (Å²) in [4.78, 5) is 10.5. The van der Waals surface area contributed by atoms with E-state index in [0.29, 0.717) is 12.2 Å². The maximum atomic E-state index is 13.0. The van der Waals surface area contributed by atoms with Gasteiger partial charge in [0, 0.05) is 12.2 Å². The van der Waals surface area contributed by atoms with Gasteiger partial charge in [0.25, 0.3) is 0 Å². The second-order valence-corrected chi connectivity index (χ2v) is 4.63. The molecule has 0 atom stereocenters. The number of rotatable bonds is 4. The lowest BCUT2D eigenvalue weighted by molar-refractivity contribution is 0.183. The van der Waals surface area contributed by atoms with Crippen molar-refractivity contribution in [1.82, 2.24) is 5.32 Å². The number of carbonyl (C=O) groups is 1. The number of hydrogen-bond donors (Lipinski definition) is 3. The van der Waals surface area contributed by atoms with Crippen LogP contribution in [0.3, 0.4) is 0 Å². The molecule has 0 bridgehead atoms. The molecular formula is C12H17FN2O2. The molecule has 17 heavy (non-hydrogen) atoms. The van der Waals surface area contributed by atoms with Gasteiger partial charge in [-0.25, -0.2) is 9.18 Å². The quantitative estimate of drug-likeness (QED) is 0.758. The lowest BCUT2D eigenvalue weighted by atomic mass is 10.1. The normalized spacial score (nSPS) is 11.1. The number of nitrogens with one attached hydrogen (secondary N) is 2.